The van der Waals surface area contributed by atoms with Crippen LogP contribution in [0.1, 0.15) is 37.9 Å². The van der Waals surface area contributed by atoms with Gasteiger partial charge in [0.1, 0.15) is 5.82 Å². The number of aromatic nitrogens is 2. The van der Waals surface area contributed by atoms with Crippen molar-refractivity contribution in [1.29, 1.82) is 0 Å². The van der Waals surface area contributed by atoms with Crippen LogP contribution < -0.4 is 4.90 Å². The smallest absolute Gasteiger partial charge is 0.258 e. The minimum Gasteiger partial charge on any atom is -0.378 e. The Morgan fingerprint density at radius 2 is 1.96 bits per heavy atom. The first-order chi connectivity index (χ1) is 13.7. The molecule has 0 N–H and O–H groups in total. The minimum absolute atomic E-state index is 0.178. The third kappa shape index (κ3) is 3.87. The Morgan fingerprint density at radius 1 is 1.21 bits per heavy atom. The van der Waals surface area contributed by atoms with Gasteiger partial charge >= 0.3 is 0 Å². The zero-order valence-electron chi connectivity index (χ0n) is 16.1. The molecule has 0 bridgehead atoms. The van der Waals surface area contributed by atoms with Crippen molar-refractivity contribution in [1.82, 2.24) is 15.0 Å². The van der Waals surface area contributed by atoms with Gasteiger partial charge in [0.05, 0.1) is 18.9 Å². The van der Waals surface area contributed by atoms with Gasteiger partial charge in [-0.2, -0.15) is 4.98 Å². The maximum absolute atomic E-state index is 14.3. The molecule has 4 rings (SSSR count). The molecular formula is C20H25FN4O3. The van der Waals surface area contributed by atoms with Gasteiger partial charge in [0, 0.05) is 44.1 Å². The predicted molar refractivity (Wildman–Crippen MR) is 102 cm³/mol. The van der Waals surface area contributed by atoms with Crippen LogP contribution >= 0.6 is 0 Å². The Hall–Kier alpha value is -2.48. The van der Waals surface area contributed by atoms with Crippen LogP contribution in [-0.2, 0) is 9.53 Å². The van der Waals surface area contributed by atoms with Crippen molar-refractivity contribution >= 4 is 11.6 Å². The molecule has 0 spiro atoms. The van der Waals surface area contributed by atoms with Crippen molar-refractivity contribution in [2.45, 2.75) is 32.1 Å². The van der Waals surface area contributed by atoms with Crippen molar-refractivity contribution in [3.05, 3.63) is 29.8 Å². The molecule has 0 radical (unpaired) electrons. The minimum atomic E-state index is -0.265. The molecule has 0 saturated carbocycles. The molecule has 1 aromatic carbocycles. The van der Waals surface area contributed by atoms with E-state index in [4.69, 9.17) is 9.26 Å². The second-order valence-electron chi connectivity index (χ2n) is 7.23. The summed E-state index contributed by atoms with van der Waals surface area (Å²) >= 11 is 0. The highest BCUT2D eigenvalue weighted by Gasteiger charge is 2.27. The third-order valence-corrected chi connectivity index (χ3v) is 5.50. The van der Waals surface area contributed by atoms with Crippen molar-refractivity contribution < 1.29 is 18.4 Å². The molecule has 3 heterocycles. The maximum atomic E-state index is 14.3. The van der Waals surface area contributed by atoms with Gasteiger partial charge < -0.3 is 19.1 Å². The lowest BCUT2D eigenvalue weighted by Gasteiger charge is -2.30. The van der Waals surface area contributed by atoms with Gasteiger partial charge in [-0.3, -0.25) is 4.79 Å². The molecule has 2 aromatic rings. The van der Waals surface area contributed by atoms with Crippen LogP contribution in [0.3, 0.4) is 0 Å². The van der Waals surface area contributed by atoms with Gasteiger partial charge in [0.2, 0.25) is 5.91 Å². The Balaban J connectivity index is 1.48. The molecule has 1 aromatic heterocycles. The molecule has 0 aliphatic carbocycles. The normalized spacial score (nSPS) is 18.5. The Labute approximate surface area is 163 Å². The average Bonchev–Trinajstić information content (AvgIpc) is 3.24. The van der Waals surface area contributed by atoms with Crippen molar-refractivity contribution in [2.24, 2.45) is 0 Å². The standard InChI is InChI=1S/C20H25FN4O3/c1-2-18(26)25-7-5-14(6-8-25)19-22-20(28-23-19)15-3-4-16(21)17(13-15)24-9-11-27-12-10-24/h3-4,13-14H,2,5-12H2,1H3. The molecule has 1 amide bonds. The topological polar surface area (TPSA) is 71.7 Å². The highest BCUT2D eigenvalue weighted by molar-refractivity contribution is 5.75. The van der Waals surface area contributed by atoms with E-state index in [0.29, 0.717) is 55.7 Å². The number of benzene rings is 1. The number of amides is 1. The van der Waals surface area contributed by atoms with E-state index >= 15 is 0 Å². The summed E-state index contributed by atoms with van der Waals surface area (Å²) in [6, 6.07) is 4.87. The van der Waals surface area contributed by atoms with E-state index in [1.165, 1.54) is 6.07 Å². The summed E-state index contributed by atoms with van der Waals surface area (Å²) in [5, 5.41) is 4.15. The maximum Gasteiger partial charge on any atom is 0.258 e. The number of rotatable bonds is 4. The second-order valence-corrected chi connectivity index (χ2v) is 7.23. The number of piperidine rings is 1. The van der Waals surface area contributed by atoms with Gasteiger partial charge in [0.15, 0.2) is 5.82 Å². The van der Waals surface area contributed by atoms with Crippen molar-refractivity contribution in [3.63, 3.8) is 0 Å². The summed E-state index contributed by atoms with van der Waals surface area (Å²) in [6.45, 7) is 5.82. The Morgan fingerprint density at radius 3 is 2.68 bits per heavy atom. The molecule has 0 atom stereocenters. The number of hydrogen-bond acceptors (Lipinski definition) is 6. The number of carbonyl (C=O) groups is 1. The summed E-state index contributed by atoms with van der Waals surface area (Å²) in [5.74, 6) is 1.16. The molecule has 0 unspecified atom stereocenters. The number of anilines is 1. The first-order valence-electron chi connectivity index (χ1n) is 9.89. The van der Waals surface area contributed by atoms with Gasteiger partial charge in [-0.1, -0.05) is 12.1 Å². The van der Waals surface area contributed by atoms with Crippen LogP contribution in [0.4, 0.5) is 10.1 Å². The number of halogens is 1. The van der Waals surface area contributed by atoms with E-state index in [0.717, 1.165) is 25.9 Å². The number of nitrogens with zero attached hydrogens (tertiary/aromatic N) is 4. The summed E-state index contributed by atoms with van der Waals surface area (Å²) in [5.41, 5.74) is 1.24. The molecule has 2 saturated heterocycles. The summed E-state index contributed by atoms with van der Waals surface area (Å²) < 4.78 is 25.1. The lowest BCUT2D eigenvalue weighted by Crippen LogP contribution is -2.37. The van der Waals surface area contributed by atoms with Gasteiger partial charge in [-0.15, -0.1) is 0 Å². The van der Waals surface area contributed by atoms with Crippen LogP contribution in [0, 0.1) is 5.82 Å². The lowest BCUT2D eigenvalue weighted by molar-refractivity contribution is -0.131. The summed E-state index contributed by atoms with van der Waals surface area (Å²) in [4.78, 5) is 20.3. The first kappa shape index (κ1) is 18.9. The molecule has 7 nitrogen and oxygen atoms in total. The third-order valence-electron chi connectivity index (χ3n) is 5.50. The van der Waals surface area contributed by atoms with Crippen LogP contribution in [0.15, 0.2) is 22.7 Å². The molecule has 2 aliphatic heterocycles. The van der Waals surface area contributed by atoms with E-state index in [-0.39, 0.29) is 17.6 Å². The van der Waals surface area contributed by atoms with Gasteiger partial charge in [-0.25, -0.2) is 4.39 Å². The molecule has 2 aliphatic rings. The molecular weight excluding hydrogens is 363 g/mol. The van der Waals surface area contributed by atoms with Gasteiger partial charge in [0.25, 0.3) is 5.89 Å². The van der Waals surface area contributed by atoms with E-state index in [2.05, 4.69) is 10.1 Å². The van der Waals surface area contributed by atoms with Crippen LogP contribution in [-0.4, -0.2) is 60.3 Å². The van der Waals surface area contributed by atoms with Crippen LogP contribution in [0.2, 0.25) is 0 Å². The SMILES string of the molecule is CCC(=O)N1CCC(c2noc(-c3ccc(F)c(N4CCOCC4)c3)n2)CC1. The monoisotopic (exact) mass is 388 g/mol. The number of carbonyl (C=O) groups excluding carboxylic acids is 1. The van der Waals surface area contributed by atoms with Crippen LogP contribution in [0.25, 0.3) is 11.5 Å². The van der Waals surface area contributed by atoms with E-state index in [9.17, 15) is 9.18 Å². The van der Waals surface area contributed by atoms with E-state index < -0.39 is 0 Å². The number of ether oxygens (including phenoxy) is 1. The summed E-state index contributed by atoms with van der Waals surface area (Å²) in [7, 11) is 0. The zero-order chi connectivity index (χ0) is 19.5. The summed E-state index contributed by atoms with van der Waals surface area (Å²) in [6.07, 6.45) is 2.19. The fraction of sp³-hybridized carbons (Fsp3) is 0.550. The van der Waals surface area contributed by atoms with Gasteiger partial charge in [-0.05, 0) is 31.0 Å². The number of morpholine rings is 1. The molecule has 8 heteroatoms. The number of hydrogen-bond donors (Lipinski definition) is 0. The predicted octanol–water partition coefficient (Wildman–Crippen LogP) is 2.83. The fourth-order valence-electron chi connectivity index (χ4n) is 3.82. The highest BCUT2D eigenvalue weighted by Crippen LogP contribution is 2.30. The van der Waals surface area contributed by atoms with Crippen LogP contribution in [0.5, 0.6) is 0 Å². The quantitative estimate of drug-likeness (QED) is 0.802. The largest absolute Gasteiger partial charge is 0.378 e. The first-order valence-corrected chi connectivity index (χ1v) is 9.89. The Kier molecular flexibility index (Phi) is 5.57. The molecule has 150 valence electrons. The Bertz CT molecular complexity index is 827. The lowest BCUT2D eigenvalue weighted by atomic mass is 9.96. The van der Waals surface area contributed by atoms with E-state index in [1.807, 2.05) is 16.7 Å². The van der Waals surface area contributed by atoms with Crippen molar-refractivity contribution in [2.75, 3.05) is 44.3 Å². The second kappa shape index (κ2) is 8.26. The van der Waals surface area contributed by atoms with E-state index in [1.54, 1.807) is 12.1 Å². The fourth-order valence-corrected chi connectivity index (χ4v) is 3.82. The molecule has 28 heavy (non-hydrogen) atoms. The zero-order valence-corrected chi connectivity index (χ0v) is 16.1. The number of likely N-dealkylation sites (tertiary alicyclic amines) is 1. The average molecular weight is 388 g/mol. The highest BCUT2D eigenvalue weighted by atomic mass is 19.1. The molecule has 2 fully saturated rings. The van der Waals surface area contributed by atoms with Crippen molar-refractivity contribution in [3.8, 4) is 11.5 Å².